The van der Waals surface area contributed by atoms with Crippen LogP contribution in [0.1, 0.15) is 6.92 Å². The Morgan fingerprint density at radius 3 is 2.71 bits per heavy atom. The Bertz CT molecular complexity index is 125. The molecule has 1 rings (SSSR count). The van der Waals surface area contributed by atoms with Gasteiger partial charge in [0.25, 0.3) is 0 Å². The minimum Gasteiger partial charge on any atom is -0.368 e. The molecule has 7 heavy (non-hydrogen) atoms. The molecule has 0 bridgehead atoms. The van der Waals surface area contributed by atoms with Crippen LogP contribution in [0, 0.1) is 0 Å². The summed E-state index contributed by atoms with van der Waals surface area (Å²) in [4.78, 5) is 7.58. The number of hydrogen-bond donors (Lipinski definition) is 1. The van der Waals surface area contributed by atoms with Gasteiger partial charge in [-0.25, -0.2) is 9.98 Å². The van der Waals surface area contributed by atoms with Gasteiger partial charge >= 0.3 is 0 Å². The van der Waals surface area contributed by atoms with Crippen molar-refractivity contribution in [1.29, 1.82) is 0 Å². The van der Waals surface area contributed by atoms with Crippen molar-refractivity contribution in [2.45, 2.75) is 13.0 Å². The maximum Gasteiger partial charge on any atom is 0.215 e. The molecule has 3 heteroatoms. The van der Waals surface area contributed by atoms with Crippen LogP contribution in [0.15, 0.2) is 9.98 Å². The number of rotatable bonds is 0. The van der Waals surface area contributed by atoms with E-state index in [-0.39, 0.29) is 6.04 Å². The predicted molar refractivity (Wildman–Crippen MR) is 29.6 cm³/mol. The highest BCUT2D eigenvalue weighted by atomic mass is 15.1. The van der Waals surface area contributed by atoms with Gasteiger partial charge in [0.1, 0.15) is 0 Å². The van der Waals surface area contributed by atoms with E-state index >= 15 is 0 Å². The van der Waals surface area contributed by atoms with Crippen LogP contribution in [-0.4, -0.2) is 18.2 Å². The topological polar surface area (TPSA) is 50.7 Å². The van der Waals surface area contributed by atoms with Gasteiger partial charge in [-0.1, -0.05) is 0 Å². The molecule has 0 aromatic rings. The predicted octanol–water partition coefficient (Wildman–Crippen LogP) is -0.226. The first-order valence-electron chi connectivity index (χ1n) is 2.16. The Labute approximate surface area is 42.0 Å². The molecular weight excluding hydrogens is 90.1 g/mol. The van der Waals surface area contributed by atoms with E-state index < -0.39 is 0 Å². The Morgan fingerprint density at radius 2 is 2.57 bits per heavy atom. The lowest BCUT2D eigenvalue weighted by Crippen LogP contribution is -2.04. The molecule has 1 atom stereocenters. The van der Waals surface area contributed by atoms with Crippen molar-refractivity contribution in [2.24, 2.45) is 15.7 Å². The molecule has 0 amide bonds. The molecule has 0 aromatic carbocycles. The molecule has 1 aliphatic heterocycles. The lowest BCUT2D eigenvalue weighted by molar-refractivity contribution is 1.01. The maximum atomic E-state index is 5.18. The number of hydrogen-bond acceptors (Lipinski definition) is 3. The van der Waals surface area contributed by atoms with Crippen molar-refractivity contribution < 1.29 is 0 Å². The van der Waals surface area contributed by atoms with Crippen molar-refractivity contribution in [3.05, 3.63) is 0 Å². The second kappa shape index (κ2) is 1.33. The van der Waals surface area contributed by atoms with Gasteiger partial charge in [0.2, 0.25) is 5.96 Å². The minimum atomic E-state index is 0.194. The number of aliphatic imine (C=N–C) groups is 2. The zero-order valence-electron chi connectivity index (χ0n) is 4.13. The van der Waals surface area contributed by atoms with E-state index in [2.05, 4.69) is 9.98 Å². The second-order valence-corrected chi connectivity index (χ2v) is 1.51. The van der Waals surface area contributed by atoms with Crippen molar-refractivity contribution >= 4 is 12.2 Å². The van der Waals surface area contributed by atoms with Crippen LogP contribution in [0.3, 0.4) is 0 Å². The van der Waals surface area contributed by atoms with E-state index in [0.29, 0.717) is 5.96 Å². The SMILES string of the molecule is CC1C=NC(N)=N1. The molecule has 1 unspecified atom stereocenters. The van der Waals surface area contributed by atoms with E-state index in [1.54, 1.807) is 6.21 Å². The number of guanidine groups is 1. The molecule has 0 saturated heterocycles. The van der Waals surface area contributed by atoms with Gasteiger partial charge in [0, 0.05) is 6.21 Å². The Balaban J connectivity index is 2.69. The third kappa shape index (κ3) is 0.765. The summed E-state index contributed by atoms with van der Waals surface area (Å²) in [7, 11) is 0. The van der Waals surface area contributed by atoms with Crippen LogP contribution in [-0.2, 0) is 0 Å². The first-order valence-corrected chi connectivity index (χ1v) is 2.16. The first kappa shape index (κ1) is 4.30. The molecule has 1 heterocycles. The van der Waals surface area contributed by atoms with E-state index in [1.807, 2.05) is 6.92 Å². The zero-order valence-corrected chi connectivity index (χ0v) is 4.13. The Hall–Kier alpha value is -0.860. The van der Waals surface area contributed by atoms with Gasteiger partial charge in [-0.05, 0) is 6.92 Å². The summed E-state index contributed by atoms with van der Waals surface area (Å²) in [5.41, 5.74) is 5.18. The van der Waals surface area contributed by atoms with Gasteiger partial charge in [0.15, 0.2) is 0 Å². The summed E-state index contributed by atoms with van der Waals surface area (Å²) in [6.45, 7) is 1.93. The van der Waals surface area contributed by atoms with Crippen molar-refractivity contribution in [3.63, 3.8) is 0 Å². The maximum absolute atomic E-state index is 5.18. The number of nitrogens with zero attached hydrogens (tertiary/aromatic N) is 2. The molecule has 0 fully saturated rings. The van der Waals surface area contributed by atoms with Crippen LogP contribution in [0.2, 0.25) is 0 Å². The van der Waals surface area contributed by atoms with Crippen LogP contribution in [0.5, 0.6) is 0 Å². The van der Waals surface area contributed by atoms with E-state index in [4.69, 9.17) is 5.73 Å². The van der Waals surface area contributed by atoms with Crippen molar-refractivity contribution in [1.82, 2.24) is 0 Å². The first-order chi connectivity index (χ1) is 3.29. The molecule has 0 saturated carbocycles. The molecule has 3 nitrogen and oxygen atoms in total. The molecule has 0 radical (unpaired) electrons. The monoisotopic (exact) mass is 97.1 g/mol. The molecular formula is C4H7N3. The molecule has 0 spiro atoms. The normalized spacial score (nSPS) is 28.1. The fourth-order valence-electron chi connectivity index (χ4n) is 0.460. The highest BCUT2D eigenvalue weighted by Gasteiger charge is 2.00. The van der Waals surface area contributed by atoms with Gasteiger partial charge in [-0.15, -0.1) is 0 Å². The smallest absolute Gasteiger partial charge is 0.215 e. The highest BCUT2D eigenvalue weighted by Crippen LogP contribution is 1.91. The summed E-state index contributed by atoms with van der Waals surface area (Å²) >= 11 is 0. The van der Waals surface area contributed by atoms with Crippen LogP contribution in [0.4, 0.5) is 0 Å². The summed E-state index contributed by atoms with van der Waals surface area (Å²) in [6.07, 6.45) is 1.72. The Kier molecular flexibility index (Phi) is 0.817. The van der Waals surface area contributed by atoms with Gasteiger partial charge < -0.3 is 5.73 Å². The van der Waals surface area contributed by atoms with Gasteiger partial charge in [-0.3, -0.25) is 0 Å². The lowest BCUT2D eigenvalue weighted by atomic mass is 10.4. The van der Waals surface area contributed by atoms with Crippen LogP contribution < -0.4 is 5.73 Å². The molecule has 2 N–H and O–H groups in total. The van der Waals surface area contributed by atoms with Gasteiger partial charge in [-0.2, -0.15) is 0 Å². The van der Waals surface area contributed by atoms with Crippen LogP contribution in [0.25, 0.3) is 0 Å². The fraction of sp³-hybridized carbons (Fsp3) is 0.500. The van der Waals surface area contributed by atoms with Crippen molar-refractivity contribution in [2.75, 3.05) is 0 Å². The summed E-state index contributed by atoms with van der Waals surface area (Å²) in [5.74, 6) is 0.396. The summed E-state index contributed by atoms with van der Waals surface area (Å²) in [5, 5.41) is 0. The van der Waals surface area contributed by atoms with Gasteiger partial charge in [0.05, 0.1) is 6.04 Å². The number of nitrogens with two attached hydrogens (primary N) is 1. The highest BCUT2D eigenvalue weighted by molar-refractivity contribution is 5.93. The van der Waals surface area contributed by atoms with E-state index in [0.717, 1.165) is 0 Å². The standard InChI is InChI=1S/C4H7N3/c1-3-2-6-4(5)7-3/h2-3H,1H3,(H2,5,7). The van der Waals surface area contributed by atoms with E-state index in [9.17, 15) is 0 Å². The third-order valence-electron chi connectivity index (χ3n) is 0.758. The third-order valence-corrected chi connectivity index (χ3v) is 0.758. The second-order valence-electron chi connectivity index (χ2n) is 1.51. The largest absolute Gasteiger partial charge is 0.368 e. The summed E-state index contributed by atoms with van der Waals surface area (Å²) < 4.78 is 0. The molecule has 0 aliphatic carbocycles. The lowest BCUT2D eigenvalue weighted by Gasteiger charge is -1.83. The molecule has 38 valence electrons. The molecule has 1 aliphatic rings. The zero-order chi connectivity index (χ0) is 5.28. The average molecular weight is 97.1 g/mol. The van der Waals surface area contributed by atoms with Crippen LogP contribution >= 0.6 is 0 Å². The van der Waals surface area contributed by atoms with E-state index in [1.165, 1.54) is 0 Å². The quantitative estimate of drug-likeness (QED) is 0.446. The Morgan fingerprint density at radius 1 is 1.86 bits per heavy atom. The summed E-state index contributed by atoms with van der Waals surface area (Å²) in [6, 6.07) is 0.194. The average Bonchev–Trinajstić information content (AvgIpc) is 1.87. The fourth-order valence-corrected chi connectivity index (χ4v) is 0.460. The van der Waals surface area contributed by atoms with Crippen molar-refractivity contribution in [3.8, 4) is 0 Å². The minimum absolute atomic E-state index is 0.194. The molecule has 0 aromatic heterocycles.